The van der Waals surface area contributed by atoms with Crippen LogP contribution in [-0.2, 0) is 13.6 Å². The van der Waals surface area contributed by atoms with Gasteiger partial charge in [0.1, 0.15) is 5.69 Å². The Morgan fingerprint density at radius 2 is 1.79 bits per heavy atom. The predicted molar refractivity (Wildman–Crippen MR) is 112 cm³/mol. The van der Waals surface area contributed by atoms with Crippen LogP contribution in [0.1, 0.15) is 16.1 Å². The van der Waals surface area contributed by atoms with Crippen LogP contribution in [0.5, 0.6) is 0 Å². The van der Waals surface area contributed by atoms with Crippen LogP contribution in [0.15, 0.2) is 79.5 Å². The minimum Gasteiger partial charge on any atom is -0.347 e. The highest BCUT2D eigenvalue weighted by Crippen LogP contribution is 2.22. The lowest BCUT2D eigenvalue weighted by atomic mass is 10.2. The SMILES string of the molecule is Cn1cc(-c2cnc(Nc3ccccc3)nc2)cc1C(=O)NCc1cccnc1. The first kappa shape index (κ1) is 18.4. The molecule has 0 aliphatic rings. The molecule has 7 heteroatoms. The first-order valence-electron chi connectivity index (χ1n) is 9.17. The van der Waals surface area contributed by atoms with E-state index in [0.29, 0.717) is 18.2 Å². The molecule has 0 aliphatic carbocycles. The number of amides is 1. The highest BCUT2D eigenvalue weighted by molar-refractivity contribution is 5.94. The maximum absolute atomic E-state index is 12.5. The third-order valence-corrected chi connectivity index (χ3v) is 4.43. The summed E-state index contributed by atoms with van der Waals surface area (Å²) in [5.74, 6) is 0.371. The maximum Gasteiger partial charge on any atom is 0.268 e. The summed E-state index contributed by atoms with van der Waals surface area (Å²) in [7, 11) is 1.84. The Kier molecular flexibility index (Phi) is 5.29. The average molecular weight is 384 g/mol. The van der Waals surface area contributed by atoms with E-state index in [1.54, 1.807) is 29.4 Å². The lowest BCUT2D eigenvalue weighted by molar-refractivity contribution is 0.0943. The Morgan fingerprint density at radius 3 is 2.52 bits per heavy atom. The fraction of sp³-hybridized carbons (Fsp3) is 0.0909. The number of para-hydroxylation sites is 1. The quantitative estimate of drug-likeness (QED) is 0.531. The molecule has 0 radical (unpaired) electrons. The first-order valence-corrected chi connectivity index (χ1v) is 9.17. The third-order valence-electron chi connectivity index (χ3n) is 4.43. The number of hydrogen-bond acceptors (Lipinski definition) is 5. The molecule has 3 aromatic heterocycles. The molecule has 0 bridgehead atoms. The molecule has 4 aromatic rings. The van der Waals surface area contributed by atoms with Crippen LogP contribution in [0.4, 0.5) is 11.6 Å². The summed E-state index contributed by atoms with van der Waals surface area (Å²) in [6, 6.07) is 15.3. The molecule has 144 valence electrons. The second-order valence-corrected chi connectivity index (χ2v) is 6.56. The van der Waals surface area contributed by atoms with Crippen LogP contribution in [0.25, 0.3) is 11.1 Å². The molecule has 2 N–H and O–H groups in total. The number of pyridine rings is 1. The molecule has 0 spiro atoms. The number of nitrogens with one attached hydrogen (secondary N) is 2. The highest BCUT2D eigenvalue weighted by atomic mass is 16.1. The molecule has 1 amide bonds. The van der Waals surface area contributed by atoms with Crippen molar-refractivity contribution in [1.82, 2.24) is 24.8 Å². The van der Waals surface area contributed by atoms with Gasteiger partial charge < -0.3 is 15.2 Å². The van der Waals surface area contributed by atoms with Gasteiger partial charge in [-0.05, 0) is 29.8 Å². The number of aromatic nitrogens is 4. The van der Waals surface area contributed by atoms with E-state index in [9.17, 15) is 4.79 Å². The molecule has 7 nitrogen and oxygen atoms in total. The lowest BCUT2D eigenvalue weighted by Crippen LogP contribution is -2.24. The lowest BCUT2D eigenvalue weighted by Gasteiger charge is -2.05. The van der Waals surface area contributed by atoms with Crippen LogP contribution in [0, 0.1) is 0 Å². The van der Waals surface area contributed by atoms with Gasteiger partial charge in [-0.25, -0.2) is 9.97 Å². The van der Waals surface area contributed by atoms with Gasteiger partial charge in [0.2, 0.25) is 5.95 Å². The summed E-state index contributed by atoms with van der Waals surface area (Å²) in [6.07, 6.45) is 8.81. The van der Waals surface area contributed by atoms with Crippen molar-refractivity contribution in [3.63, 3.8) is 0 Å². The zero-order chi connectivity index (χ0) is 20.1. The van der Waals surface area contributed by atoms with Gasteiger partial charge >= 0.3 is 0 Å². The smallest absolute Gasteiger partial charge is 0.268 e. The molecular formula is C22H20N6O. The summed E-state index contributed by atoms with van der Waals surface area (Å²) < 4.78 is 1.80. The molecule has 3 heterocycles. The second-order valence-electron chi connectivity index (χ2n) is 6.56. The number of rotatable bonds is 6. The van der Waals surface area contributed by atoms with Gasteiger partial charge in [-0.1, -0.05) is 24.3 Å². The fourth-order valence-corrected chi connectivity index (χ4v) is 2.92. The monoisotopic (exact) mass is 384 g/mol. The summed E-state index contributed by atoms with van der Waals surface area (Å²) >= 11 is 0. The number of hydrogen-bond donors (Lipinski definition) is 2. The van der Waals surface area contributed by atoms with Crippen molar-refractivity contribution in [3.8, 4) is 11.1 Å². The van der Waals surface area contributed by atoms with Gasteiger partial charge in [-0.2, -0.15) is 0 Å². The van der Waals surface area contributed by atoms with Gasteiger partial charge in [-0.3, -0.25) is 9.78 Å². The Morgan fingerprint density at radius 1 is 1.00 bits per heavy atom. The Bertz CT molecular complexity index is 1090. The number of benzene rings is 1. The van der Waals surface area contributed by atoms with Crippen molar-refractivity contribution in [2.45, 2.75) is 6.54 Å². The standard InChI is InChI=1S/C22H20N6O/c1-28-15-17(10-20(28)21(29)24-12-16-6-5-9-23-11-16)18-13-25-22(26-14-18)27-19-7-3-2-4-8-19/h2-11,13-15H,12H2,1H3,(H,24,29)(H,25,26,27). The summed E-state index contributed by atoms with van der Waals surface area (Å²) in [5, 5.41) is 6.07. The second kappa shape index (κ2) is 8.35. The van der Waals surface area contributed by atoms with E-state index in [1.165, 1.54) is 0 Å². The van der Waals surface area contributed by atoms with Crippen molar-refractivity contribution in [1.29, 1.82) is 0 Å². The highest BCUT2D eigenvalue weighted by Gasteiger charge is 2.13. The zero-order valence-electron chi connectivity index (χ0n) is 15.9. The Labute approximate surface area is 168 Å². The van der Waals surface area contributed by atoms with Crippen molar-refractivity contribution < 1.29 is 4.79 Å². The number of carbonyl (C=O) groups excluding carboxylic acids is 1. The summed E-state index contributed by atoms with van der Waals surface area (Å²) in [4.78, 5) is 25.3. The minimum atomic E-state index is -0.147. The molecular weight excluding hydrogens is 364 g/mol. The van der Waals surface area contributed by atoms with E-state index in [4.69, 9.17) is 0 Å². The van der Waals surface area contributed by atoms with E-state index in [-0.39, 0.29) is 5.91 Å². The average Bonchev–Trinajstić information content (AvgIpc) is 3.16. The zero-order valence-corrected chi connectivity index (χ0v) is 15.9. The normalized spacial score (nSPS) is 10.5. The molecule has 1 aromatic carbocycles. The number of anilines is 2. The van der Waals surface area contributed by atoms with Gasteiger partial charge in [0.15, 0.2) is 0 Å². The van der Waals surface area contributed by atoms with E-state index in [1.807, 2.05) is 61.8 Å². The maximum atomic E-state index is 12.5. The number of nitrogens with zero attached hydrogens (tertiary/aromatic N) is 4. The van der Waals surface area contributed by atoms with Crippen LogP contribution >= 0.6 is 0 Å². The topological polar surface area (TPSA) is 84.7 Å². The third kappa shape index (κ3) is 4.47. The van der Waals surface area contributed by atoms with Crippen molar-refractivity contribution in [3.05, 3.63) is 90.8 Å². The van der Waals surface area contributed by atoms with Crippen LogP contribution < -0.4 is 10.6 Å². The molecule has 0 fully saturated rings. The molecule has 29 heavy (non-hydrogen) atoms. The number of aryl methyl sites for hydroxylation is 1. The van der Waals surface area contributed by atoms with Gasteiger partial charge in [0, 0.05) is 61.4 Å². The van der Waals surface area contributed by atoms with E-state index in [2.05, 4.69) is 25.6 Å². The first-order chi connectivity index (χ1) is 14.2. The van der Waals surface area contributed by atoms with Crippen LogP contribution in [0.3, 0.4) is 0 Å². The van der Waals surface area contributed by atoms with Crippen molar-refractivity contribution in [2.24, 2.45) is 7.05 Å². The van der Waals surface area contributed by atoms with Crippen LogP contribution in [-0.4, -0.2) is 25.4 Å². The fourth-order valence-electron chi connectivity index (χ4n) is 2.92. The molecule has 4 rings (SSSR count). The Balaban J connectivity index is 1.45. The molecule has 0 saturated heterocycles. The largest absolute Gasteiger partial charge is 0.347 e. The molecule has 0 atom stereocenters. The van der Waals surface area contributed by atoms with E-state index < -0.39 is 0 Å². The predicted octanol–water partition coefficient (Wildman–Crippen LogP) is 3.55. The Hall–Kier alpha value is -4.00. The van der Waals surface area contributed by atoms with Gasteiger partial charge in [0.05, 0.1) is 0 Å². The van der Waals surface area contributed by atoms with Crippen LogP contribution in [0.2, 0.25) is 0 Å². The van der Waals surface area contributed by atoms with Crippen molar-refractivity contribution >= 4 is 17.5 Å². The van der Waals surface area contributed by atoms with Gasteiger partial charge in [-0.15, -0.1) is 0 Å². The summed E-state index contributed by atoms with van der Waals surface area (Å²) in [6.45, 7) is 0.427. The molecule has 0 saturated carbocycles. The number of carbonyl (C=O) groups is 1. The van der Waals surface area contributed by atoms with E-state index >= 15 is 0 Å². The van der Waals surface area contributed by atoms with Crippen molar-refractivity contribution in [2.75, 3.05) is 5.32 Å². The summed E-state index contributed by atoms with van der Waals surface area (Å²) in [5.41, 5.74) is 4.16. The molecule has 0 unspecified atom stereocenters. The van der Waals surface area contributed by atoms with E-state index in [0.717, 1.165) is 22.4 Å². The minimum absolute atomic E-state index is 0.147. The van der Waals surface area contributed by atoms with Gasteiger partial charge in [0.25, 0.3) is 5.91 Å². The molecule has 0 aliphatic heterocycles.